The second-order valence-corrected chi connectivity index (χ2v) is 7.89. The summed E-state index contributed by atoms with van der Waals surface area (Å²) in [5.41, 5.74) is 0.0222. The molecule has 0 saturated carbocycles. The molecule has 0 radical (unpaired) electrons. The molecule has 1 aromatic rings. The predicted octanol–water partition coefficient (Wildman–Crippen LogP) is 2.52. The van der Waals surface area contributed by atoms with Gasteiger partial charge in [-0.05, 0) is 64.8 Å². The van der Waals surface area contributed by atoms with Gasteiger partial charge < -0.3 is 15.0 Å². The number of hydrogen-bond acceptors (Lipinski definition) is 4. The Morgan fingerprint density at radius 1 is 1.15 bits per heavy atom. The first-order chi connectivity index (χ1) is 12.6. The fourth-order valence-electron chi connectivity index (χ4n) is 2.89. The number of benzene rings is 1. The van der Waals surface area contributed by atoms with Crippen LogP contribution in [0.5, 0.6) is 0 Å². The highest BCUT2D eigenvalue weighted by atomic mass is 19.1. The Bertz CT molecular complexity index is 689. The fraction of sp³-hybridized carbons (Fsp3) is 0.550. The highest BCUT2D eigenvalue weighted by molar-refractivity contribution is 5.94. The summed E-state index contributed by atoms with van der Waals surface area (Å²) in [6.07, 6.45) is 0.0780. The molecule has 1 N–H and O–H groups in total. The van der Waals surface area contributed by atoms with E-state index in [1.54, 1.807) is 11.8 Å². The predicted molar refractivity (Wildman–Crippen MR) is 98.5 cm³/mol. The number of carbonyl (C=O) groups is 3. The smallest absolute Gasteiger partial charge is 0.309 e. The lowest BCUT2D eigenvalue weighted by atomic mass is 9.96. The number of nitrogens with zero attached hydrogens (tertiary/aromatic N) is 1. The van der Waals surface area contributed by atoms with Crippen LogP contribution in [0.25, 0.3) is 0 Å². The van der Waals surface area contributed by atoms with Gasteiger partial charge in [-0.25, -0.2) is 4.39 Å². The number of esters is 1. The summed E-state index contributed by atoms with van der Waals surface area (Å²) in [6.45, 7) is 7.94. The number of ether oxygens (including phenoxy) is 1. The van der Waals surface area contributed by atoms with Crippen LogP contribution >= 0.6 is 0 Å². The molecule has 1 saturated heterocycles. The van der Waals surface area contributed by atoms with Crippen LogP contribution in [0.4, 0.5) is 4.39 Å². The molecule has 1 aliphatic heterocycles. The third kappa shape index (κ3) is 6.05. The second-order valence-electron chi connectivity index (χ2n) is 7.89. The van der Waals surface area contributed by atoms with Gasteiger partial charge in [-0.2, -0.15) is 0 Å². The van der Waals surface area contributed by atoms with Crippen LogP contribution < -0.4 is 5.32 Å². The van der Waals surface area contributed by atoms with Crippen molar-refractivity contribution in [1.82, 2.24) is 10.2 Å². The average molecular weight is 378 g/mol. The van der Waals surface area contributed by atoms with Gasteiger partial charge in [-0.15, -0.1) is 0 Å². The Hall–Kier alpha value is -2.44. The van der Waals surface area contributed by atoms with Crippen LogP contribution in [0.2, 0.25) is 0 Å². The molecular weight excluding hydrogens is 351 g/mol. The van der Waals surface area contributed by atoms with Gasteiger partial charge in [0, 0.05) is 24.2 Å². The lowest BCUT2D eigenvalue weighted by Gasteiger charge is -2.31. The van der Waals surface area contributed by atoms with Crippen molar-refractivity contribution in [2.24, 2.45) is 5.92 Å². The molecule has 27 heavy (non-hydrogen) atoms. The van der Waals surface area contributed by atoms with Gasteiger partial charge >= 0.3 is 5.97 Å². The molecule has 1 aliphatic rings. The minimum atomic E-state index is -0.865. The first-order valence-electron chi connectivity index (χ1n) is 9.14. The van der Waals surface area contributed by atoms with Gasteiger partial charge in [0.25, 0.3) is 11.8 Å². The Morgan fingerprint density at radius 3 is 2.22 bits per heavy atom. The van der Waals surface area contributed by atoms with Crippen LogP contribution in [0.1, 0.15) is 50.9 Å². The Balaban J connectivity index is 1.84. The standard InChI is InChI=1S/C20H27FN2O4/c1-13(17(24)22-20(2,3)4)27-19(26)15-9-11-23(12-10-15)18(25)14-5-7-16(21)8-6-14/h5-8,13,15H,9-12H2,1-4H3,(H,22,24)/t13-/m1/s1. The molecule has 0 bridgehead atoms. The number of piperidine rings is 1. The Labute approximate surface area is 159 Å². The largest absolute Gasteiger partial charge is 0.452 e. The van der Waals surface area contributed by atoms with Gasteiger partial charge in [-0.1, -0.05) is 0 Å². The molecule has 1 fully saturated rings. The van der Waals surface area contributed by atoms with Crippen molar-refractivity contribution in [3.63, 3.8) is 0 Å². The molecule has 6 nitrogen and oxygen atoms in total. The average Bonchev–Trinajstić information content (AvgIpc) is 2.60. The van der Waals surface area contributed by atoms with Crippen molar-refractivity contribution in [3.8, 4) is 0 Å². The molecule has 7 heteroatoms. The zero-order valence-electron chi connectivity index (χ0n) is 16.3. The molecule has 1 heterocycles. The van der Waals surface area contributed by atoms with Crippen molar-refractivity contribution < 1.29 is 23.5 Å². The minimum absolute atomic E-state index is 0.181. The summed E-state index contributed by atoms with van der Waals surface area (Å²) >= 11 is 0. The van der Waals surface area contributed by atoms with Crippen LogP contribution in [-0.4, -0.2) is 47.4 Å². The van der Waals surface area contributed by atoms with Crippen molar-refractivity contribution in [2.45, 2.75) is 52.2 Å². The lowest BCUT2D eigenvalue weighted by molar-refractivity contribution is -0.160. The molecule has 0 spiro atoms. The van der Waals surface area contributed by atoms with Gasteiger partial charge in [0.1, 0.15) is 5.82 Å². The molecule has 148 valence electrons. The summed E-state index contributed by atoms with van der Waals surface area (Å²) in [4.78, 5) is 38.4. The van der Waals surface area contributed by atoms with Gasteiger partial charge in [0.05, 0.1) is 5.92 Å². The topological polar surface area (TPSA) is 75.7 Å². The number of likely N-dealkylation sites (tertiary alicyclic amines) is 1. The number of rotatable bonds is 4. The first kappa shape index (κ1) is 20.9. The molecule has 0 aromatic heterocycles. The number of carbonyl (C=O) groups excluding carboxylic acids is 3. The number of nitrogens with one attached hydrogen (secondary N) is 1. The van der Waals surface area contributed by atoms with E-state index in [0.29, 0.717) is 31.5 Å². The third-order valence-electron chi connectivity index (χ3n) is 4.37. The second kappa shape index (κ2) is 8.50. The Morgan fingerprint density at radius 2 is 1.70 bits per heavy atom. The van der Waals surface area contributed by atoms with E-state index in [4.69, 9.17) is 4.74 Å². The van der Waals surface area contributed by atoms with E-state index in [-0.39, 0.29) is 17.7 Å². The maximum absolute atomic E-state index is 13.0. The van der Waals surface area contributed by atoms with E-state index in [0.717, 1.165) is 0 Å². The maximum atomic E-state index is 13.0. The van der Waals surface area contributed by atoms with Crippen LogP contribution in [0, 0.1) is 11.7 Å². The normalized spacial score (nSPS) is 16.6. The SMILES string of the molecule is C[C@@H](OC(=O)C1CCN(C(=O)c2ccc(F)cc2)CC1)C(=O)NC(C)(C)C. The summed E-state index contributed by atoms with van der Waals surface area (Å²) in [5.74, 6) is -1.66. The van der Waals surface area contributed by atoms with Gasteiger partial charge in [0.2, 0.25) is 0 Å². The summed E-state index contributed by atoms with van der Waals surface area (Å²) in [7, 11) is 0. The van der Waals surface area contributed by atoms with Crippen LogP contribution in [-0.2, 0) is 14.3 Å². The summed E-state index contributed by atoms with van der Waals surface area (Å²) < 4.78 is 18.3. The van der Waals surface area contributed by atoms with E-state index in [1.807, 2.05) is 20.8 Å². The van der Waals surface area contributed by atoms with E-state index in [1.165, 1.54) is 24.3 Å². The fourth-order valence-corrected chi connectivity index (χ4v) is 2.89. The van der Waals surface area contributed by atoms with Crippen LogP contribution in [0.15, 0.2) is 24.3 Å². The first-order valence-corrected chi connectivity index (χ1v) is 9.14. The molecule has 0 aliphatic carbocycles. The van der Waals surface area contributed by atoms with E-state index < -0.39 is 23.4 Å². The molecule has 1 aromatic carbocycles. The molecule has 0 unspecified atom stereocenters. The van der Waals surface area contributed by atoms with E-state index in [9.17, 15) is 18.8 Å². The quantitative estimate of drug-likeness (QED) is 0.817. The zero-order valence-corrected chi connectivity index (χ0v) is 16.3. The van der Waals surface area contributed by atoms with Crippen molar-refractivity contribution in [3.05, 3.63) is 35.6 Å². The van der Waals surface area contributed by atoms with Crippen molar-refractivity contribution in [2.75, 3.05) is 13.1 Å². The van der Waals surface area contributed by atoms with Crippen molar-refractivity contribution >= 4 is 17.8 Å². The monoisotopic (exact) mass is 378 g/mol. The van der Waals surface area contributed by atoms with Gasteiger partial charge in [-0.3, -0.25) is 14.4 Å². The number of halogens is 1. The number of amides is 2. The van der Waals surface area contributed by atoms with Crippen LogP contribution in [0.3, 0.4) is 0 Å². The summed E-state index contributed by atoms with van der Waals surface area (Å²) in [6, 6.07) is 5.41. The molecular formula is C20H27FN2O4. The molecule has 2 amide bonds. The highest BCUT2D eigenvalue weighted by Gasteiger charge is 2.31. The molecule has 2 rings (SSSR count). The maximum Gasteiger partial charge on any atom is 0.309 e. The van der Waals surface area contributed by atoms with E-state index >= 15 is 0 Å². The third-order valence-corrected chi connectivity index (χ3v) is 4.37. The van der Waals surface area contributed by atoms with E-state index in [2.05, 4.69) is 5.32 Å². The van der Waals surface area contributed by atoms with Crippen molar-refractivity contribution in [1.29, 1.82) is 0 Å². The summed E-state index contributed by atoms with van der Waals surface area (Å²) in [5, 5.41) is 2.78. The minimum Gasteiger partial charge on any atom is -0.452 e. The lowest BCUT2D eigenvalue weighted by Crippen LogP contribution is -2.47. The van der Waals surface area contributed by atoms with Gasteiger partial charge in [0.15, 0.2) is 6.10 Å². The number of hydrogen-bond donors (Lipinski definition) is 1. The highest BCUT2D eigenvalue weighted by Crippen LogP contribution is 2.21. The molecule has 1 atom stereocenters. The Kier molecular flexibility index (Phi) is 6.57. The zero-order chi connectivity index (χ0) is 20.2.